The van der Waals surface area contributed by atoms with Gasteiger partial charge in [-0.25, -0.2) is 9.59 Å². The molecule has 12 heavy (non-hydrogen) atoms. The maximum absolute atomic E-state index is 10.7. The number of amides is 3. The molecule has 1 atom stereocenters. The van der Waals surface area contributed by atoms with Crippen LogP contribution in [0, 0.1) is 0 Å². The fraction of sp³-hybridized carbons (Fsp3) is 0.200. The zero-order valence-corrected chi connectivity index (χ0v) is 6.47. The first-order chi connectivity index (χ1) is 5.52. The molecule has 0 spiro atoms. The normalized spacial score (nSPS) is 23.0. The zero-order chi connectivity index (χ0) is 9.30. The van der Waals surface area contributed by atoms with Crippen molar-refractivity contribution in [2.45, 2.75) is 6.04 Å². The quantitative estimate of drug-likeness (QED) is 0.442. The number of rotatable bonds is 1. The van der Waals surface area contributed by atoms with Gasteiger partial charge in [0.1, 0.15) is 4.86 Å². The maximum atomic E-state index is 10.7. The van der Waals surface area contributed by atoms with E-state index in [2.05, 4.69) is 12.2 Å². The monoisotopic (exact) mass is 188 g/mol. The van der Waals surface area contributed by atoms with Crippen LogP contribution in [0.15, 0.2) is 0 Å². The highest BCUT2D eigenvalue weighted by atomic mass is 32.1. The molecule has 0 aromatic rings. The molecule has 1 fully saturated rings. The number of carbonyl (C=O) groups is 3. The minimum atomic E-state index is -1.39. The average Bonchev–Trinajstić information content (AvgIpc) is 1.96. The fourth-order valence-corrected chi connectivity index (χ4v) is 0.913. The van der Waals surface area contributed by atoms with Gasteiger partial charge in [-0.05, 0) is 0 Å². The summed E-state index contributed by atoms with van der Waals surface area (Å²) in [6.07, 6.45) is 0. The average molecular weight is 188 g/mol. The van der Waals surface area contributed by atoms with Crippen LogP contribution in [0.4, 0.5) is 4.79 Å². The van der Waals surface area contributed by atoms with Crippen molar-refractivity contribution in [3.8, 4) is 0 Å². The van der Waals surface area contributed by atoms with Crippen molar-refractivity contribution in [2.24, 2.45) is 0 Å². The van der Waals surface area contributed by atoms with E-state index in [0.29, 0.717) is 0 Å². The number of carboxylic acid groups (broad SMARTS) is 1. The van der Waals surface area contributed by atoms with Crippen LogP contribution in [0.1, 0.15) is 0 Å². The highest BCUT2D eigenvalue weighted by Crippen LogP contribution is 1.96. The second-order valence-electron chi connectivity index (χ2n) is 2.06. The van der Waals surface area contributed by atoms with Gasteiger partial charge in [0.25, 0.3) is 5.91 Å². The smallest absolute Gasteiger partial charge is 0.332 e. The molecule has 1 aliphatic heterocycles. The first kappa shape index (κ1) is 8.60. The van der Waals surface area contributed by atoms with Gasteiger partial charge in [0.2, 0.25) is 0 Å². The van der Waals surface area contributed by atoms with E-state index in [-0.39, 0.29) is 4.86 Å². The number of imide groups is 1. The number of aliphatic carboxylic acids is 1. The Morgan fingerprint density at radius 3 is 2.58 bits per heavy atom. The van der Waals surface area contributed by atoms with Gasteiger partial charge in [0.15, 0.2) is 6.04 Å². The summed E-state index contributed by atoms with van der Waals surface area (Å²) in [7, 11) is 0. The molecular formula is C5H4N2O4S. The summed E-state index contributed by atoms with van der Waals surface area (Å²) < 4.78 is 0. The van der Waals surface area contributed by atoms with Gasteiger partial charge >= 0.3 is 12.0 Å². The van der Waals surface area contributed by atoms with Gasteiger partial charge in [0, 0.05) is 0 Å². The Kier molecular flexibility index (Phi) is 2.05. The fourth-order valence-electron chi connectivity index (χ4n) is 0.702. The third-order valence-corrected chi connectivity index (χ3v) is 1.66. The molecule has 6 nitrogen and oxygen atoms in total. The number of thiocarbonyl (C=S) groups is 1. The van der Waals surface area contributed by atoms with E-state index < -0.39 is 23.9 Å². The Hall–Kier alpha value is -1.50. The summed E-state index contributed by atoms with van der Waals surface area (Å²) in [6, 6.07) is -2.23. The first-order valence-corrected chi connectivity index (χ1v) is 3.31. The largest absolute Gasteiger partial charge is 0.479 e. The van der Waals surface area contributed by atoms with Gasteiger partial charge in [-0.15, -0.1) is 0 Å². The lowest BCUT2D eigenvalue weighted by Gasteiger charge is -2.19. The van der Waals surface area contributed by atoms with Crippen LogP contribution in [0.2, 0.25) is 0 Å². The zero-order valence-electron chi connectivity index (χ0n) is 5.66. The number of carbonyl (C=O) groups excluding carboxylic acids is 2. The minimum Gasteiger partial charge on any atom is -0.479 e. The highest BCUT2D eigenvalue weighted by molar-refractivity contribution is 7.82. The third-order valence-electron chi connectivity index (χ3n) is 1.24. The van der Waals surface area contributed by atoms with E-state index in [0.717, 1.165) is 0 Å². The molecule has 64 valence electrons. The van der Waals surface area contributed by atoms with Gasteiger partial charge < -0.3 is 10.4 Å². The van der Waals surface area contributed by atoms with Crippen molar-refractivity contribution in [2.75, 3.05) is 0 Å². The van der Waals surface area contributed by atoms with Crippen molar-refractivity contribution in [3.05, 3.63) is 0 Å². The Morgan fingerprint density at radius 1 is 1.50 bits per heavy atom. The second kappa shape index (κ2) is 2.86. The maximum Gasteiger partial charge on any atom is 0.332 e. The molecule has 0 radical (unpaired) electrons. The van der Waals surface area contributed by atoms with E-state index >= 15 is 0 Å². The predicted molar refractivity (Wildman–Crippen MR) is 40.7 cm³/mol. The predicted octanol–water partition coefficient (Wildman–Crippen LogP) is -1.35. The van der Waals surface area contributed by atoms with Gasteiger partial charge in [-0.2, -0.15) is 0 Å². The third kappa shape index (κ3) is 1.40. The van der Waals surface area contributed by atoms with Crippen molar-refractivity contribution < 1.29 is 19.5 Å². The van der Waals surface area contributed by atoms with Crippen molar-refractivity contribution >= 4 is 35.0 Å². The summed E-state index contributed by atoms with van der Waals surface area (Å²) in [4.78, 5) is 31.3. The molecule has 0 saturated carbocycles. The summed E-state index contributed by atoms with van der Waals surface area (Å²) in [5.74, 6) is -2.18. The van der Waals surface area contributed by atoms with Crippen LogP contribution >= 0.6 is 12.2 Å². The van der Waals surface area contributed by atoms with Crippen LogP contribution in [-0.2, 0) is 9.59 Å². The second-order valence-corrected chi connectivity index (χ2v) is 2.50. The molecule has 0 bridgehead atoms. The molecule has 1 aliphatic rings. The molecule has 0 aromatic heterocycles. The van der Waals surface area contributed by atoms with E-state index in [1.54, 1.807) is 0 Å². The van der Waals surface area contributed by atoms with Crippen molar-refractivity contribution in [1.29, 1.82) is 0 Å². The molecule has 3 amide bonds. The Labute approximate surface area is 71.9 Å². The summed E-state index contributed by atoms with van der Waals surface area (Å²) in [5, 5.41) is 12.3. The van der Waals surface area contributed by atoms with Crippen molar-refractivity contribution in [3.63, 3.8) is 0 Å². The molecular weight excluding hydrogens is 184 g/mol. The Bertz CT molecular complexity index is 285. The van der Waals surface area contributed by atoms with Crippen LogP contribution < -0.4 is 10.6 Å². The Balaban J connectivity index is 2.87. The molecule has 7 heteroatoms. The van der Waals surface area contributed by atoms with E-state index in [1.165, 1.54) is 0 Å². The number of urea groups is 1. The van der Waals surface area contributed by atoms with E-state index in [4.69, 9.17) is 5.11 Å². The highest BCUT2D eigenvalue weighted by Gasteiger charge is 2.34. The molecule has 0 aliphatic carbocycles. The minimum absolute atomic E-state index is 0.345. The lowest BCUT2D eigenvalue weighted by Crippen LogP contribution is -2.60. The first-order valence-electron chi connectivity index (χ1n) is 2.91. The van der Waals surface area contributed by atoms with Crippen LogP contribution in [0.25, 0.3) is 0 Å². The molecule has 1 rings (SSSR count). The summed E-state index contributed by atoms with van der Waals surface area (Å²) in [5.41, 5.74) is 0. The topological polar surface area (TPSA) is 95.5 Å². The van der Waals surface area contributed by atoms with Crippen LogP contribution in [-0.4, -0.2) is 33.9 Å². The molecule has 3 N–H and O–H groups in total. The summed E-state index contributed by atoms with van der Waals surface area (Å²) >= 11 is 4.47. The number of nitrogens with one attached hydrogen (secondary N) is 2. The van der Waals surface area contributed by atoms with Crippen LogP contribution in [0.5, 0.6) is 0 Å². The Morgan fingerprint density at radius 2 is 2.08 bits per heavy atom. The molecule has 1 unspecified atom stereocenters. The number of carboxylic acids is 1. The van der Waals surface area contributed by atoms with Gasteiger partial charge in [-0.1, -0.05) is 12.2 Å². The van der Waals surface area contributed by atoms with Crippen LogP contribution in [0.3, 0.4) is 0 Å². The lowest BCUT2D eigenvalue weighted by atomic mass is 10.1. The SMILES string of the molecule is O=C1NC(=O)C(=S)C(C(=O)O)N1. The number of hydrogen-bond donors (Lipinski definition) is 3. The summed E-state index contributed by atoms with van der Waals surface area (Å²) in [6.45, 7) is 0. The van der Waals surface area contributed by atoms with E-state index in [1.807, 2.05) is 10.6 Å². The molecule has 1 saturated heterocycles. The standard InChI is InChI=1S/C5H4N2O4S/c8-3-2(12)1(4(9)10)6-5(11)7-3/h1H,(H,9,10)(H2,6,7,8,11). The number of hydrogen-bond acceptors (Lipinski definition) is 4. The van der Waals surface area contributed by atoms with E-state index in [9.17, 15) is 14.4 Å². The van der Waals surface area contributed by atoms with Gasteiger partial charge in [-0.3, -0.25) is 10.1 Å². The molecule has 1 heterocycles. The molecule has 0 aromatic carbocycles. The van der Waals surface area contributed by atoms with Gasteiger partial charge in [0.05, 0.1) is 0 Å². The van der Waals surface area contributed by atoms with Crippen molar-refractivity contribution in [1.82, 2.24) is 10.6 Å². The lowest BCUT2D eigenvalue weighted by molar-refractivity contribution is -0.138.